The van der Waals surface area contributed by atoms with Crippen molar-refractivity contribution in [1.29, 1.82) is 0 Å². The van der Waals surface area contributed by atoms with Gasteiger partial charge in [0.15, 0.2) is 0 Å². The molecule has 2 rings (SSSR count). The number of ether oxygens (including phenoxy) is 2. The number of hydrogen-bond acceptors (Lipinski definition) is 5. The Morgan fingerprint density at radius 1 is 1.41 bits per heavy atom. The number of rotatable bonds is 4. The standard InChI is InChI=1S/C16H30N2O4/c1-15(2,3)22-14(19)18-8-6-16(20,7-9-18)12-17-11-13-5-4-10-21-13/h13,17,20H,4-12H2,1-3H3/t13-/m1/s1. The lowest BCUT2D eigenvalue weighted by atomic mass is 9.91. The molecular formula is C16H30N2O4. The number of likely N-dealkylation sites (tertiary alicyclic amines) is 1. The summed E-state index contributed by atoms with van der Waals surface area (Å²) in [4.78, 5) is 13.7. The number of amides is 1. The van der Waals surface area contributed by atoms with Crippen LogP contribution in [0.3, 0.4) is 0 Å². The summed E-state index contributed by atoms with van der Waals surface area (Å²) in [6.07, 6.45) is 3.36. The Bertz CT molecular complexity index is 367. The summed E-state index contributed by atoms with van der Waals surface area (Å²) in [6, 6.07) is 0. The van der Waals surface area contributed by atoms with Crippen LogP contribution in [0.4, 0.5) is 4.79 Å². The average molecular weight is 314 g/mol. The fourth-order valence-corrected chi connectivity index (χ4v) is 2.88. The van der Waals surface area contributed by atoms with Gasteiger partial charge in [0.1, 0.15) is 5.60 Å². The van der Waals surface area contributed by atoms with Gasteiger partial charge in [-0.1, -0.05) is 0 Å². The van der Waals surface area contributed by atoms with Crippen LogP contribution in [-0.2, 0) is 9.47 Å². The van der Waals surface area contributed by atoms with E-state index in [9.17, 15) is 9.90 Å². The predicted molar refractivity (Wildman–Crippen MR) is 83.8 cm³/mol. The minimum Gasteiger partial charge on any atom is -0.444 e. The van der Waals surface area contributed by atoms with Crippen molar-refractivity contribution in [3.8, 4) is 0 Å². The molecular weight excluding hydrogens is 284 g/mol. The molecule has 128 valence electrons. The third-order valence-electron chi connectivity index (χ3n) is 4.20. The van der Waals surface area contributed by atoms with Crippen LogP contribution in [-0.4, -0.2) is 66.2 Å². The molecule has 0 bridgehead atoms. The number of carbonyl (C=O) groups excluding carboxylic acids is 1. The number of piperidine rings is 1. The SMILES string of the molecule is CC(C)(C)OC(=O)N1CCC(O)(CNC[C@H]2CCCO2)CC1. The number of nitrogens with zero attached hydrogens (tertiary/aromatic N) is 1. The first-order chi connectivity index (χ1) is 10.3. The fourth-order valence-electron chi connectivity index (χ4n) is 2.88. The fraction of sp³-hybridized carbons (Fsp3) is 0.938. The molecule has 0 saturated carbocycles. The van der Waals surface area contributed by atoms with Crippen molar-refractivity contribution in [1.82, 2.24) is 10.2 Å². The molecule has 2 aliphatic rings. The Labute approximate surface area is 133 Å². The van der Waals surface area contributed by atoms with Crippen molar-refractivity contribution >= 4 is 6.09 Å². The summed E-state index contributed by atoms with van der Waals surface area (Å²) in [5.41, 5.74) is -1.22. The van der Waals surface area contributed by atoms with Crippen molar-refractivity contribution in [2.45, 2.75) is 63.8 Å². The third kappa shape index (κ3) is 5.41. The highest BCUT2D eigenvalue weighted by molar-refractivity contribution is 5.68. The Hall–Kier alpha value is -0.850. The molecule has 2 N–H and O–H groups in total. The zero-order valence-corrected chi connectivity index (χ0v) is 14.1. The lowest BCUT2D eigenvalue weighted by Gasteiger charge is -2.38. The van der Waals surface area contributed by atoms with E-state index in [-0.39, 0.29) is 12.2 Å². The van der Waals surface area contributed by atoms with Crippen molar-refractivity contribution in [2.24, 2.45) is 0 Å². The van der Waals surface area contributed by atoms with E-state index in [0.717, 1.165) is 26.0 Å². The van der Waals surface area contributed by atoms with E-state index < -0.39 is 11.2 Å². The van der Waals surface area contributed by atoms with E-state index in [0.29, 0.717) is 32.5 Å². The Morgan fingerprint density at radius 2 is 2.09 bits per heavy atom. The van der Waals surface area contributed by atoms with Crippen LogP contribution in [0, 0.1) is 0 Å². The van der Waals surface area contributed by atoms with Gasteiger partial charge in [-0.3, -0.25) is 0 Å². The summed E-state index contributed by atoms with van der Waals surface area (Å²) in [7, 11) is 0. The maximum absolute atomic E-state index is 12.0. The van der Waals surface area contributed by atoms with E-state index in [4.69, 9.17) is 9.47 Å². The van der Waals surface area contributed by atoms with E-state index in [1.165, 1.54) is 0 Å². The van der Waals surface area contributed by atoms with E-state index in [1.807, 2.05) is 20.8 Å². The van der Waals surface area contributed by atoms with Crippen molar-refractivity contribution < 1.29 is 19.4 Å². The van der Waals surface area contributed by atoms with E-state index >= 15 is 0 Å². The molecule has 0 aliphatic carbocycles. The molecule has 0 aromatic rings. The molecule has 0 unspecified atom stereocenters. The topological polar surface area (TPSA) is 71.0 Å². The van der Waals surface area contributed by atoms with Crippen molar-refractivity contribution in [3.05, 3.63) is 0 Å². The molecule has 22 heavy (non-hydrogen) atoms. The molecule has 0 spiro atoms. The quantitative estimate of drug-likeness (QED) is 0.823. The summed E-state index contributed by atoms with van der Waals surface area (Å²) in [5, 5.41) is 13.9. The normalized spacial score (nSPS) is 25.3. The van der Waals surface area contributed by atoms with E-state index in [1.54, 1.807) is 4.90 Å². The molecule has 0 radical (unpaired) electrons. The molecule has 2 heterocycles. The second kappa shape index (κ2) is 7.15. The Kier molecular flexibility index (Phi) is 5.69. The second-order valence-corrected chi connectivity index (χ2v) is 7.46. The van der Waals surface area contributed by atoms with Gasteiger partial charge in [0.25, 0.3) is 0 Å². The molecule has 6 nitrogen and oxygen atoms in total. The largest absolute Gasteiger partial charge is 0.444 e. The van der Waals surface area contributed by atoms with Crippen molar-refractivity contribution in [2.75, 3.05) is 32.8 Å². The minimum atomic E-state index is -0.739. The highest BCUT2D eigenvalue weighted by Gasteiger charge is 2.35. The molecule has 0 aromatic heterocycles. The maximum atomic E-state index is 12.0. The zero-order chi connectivity index (χ0) is 16.2. The Morgan fingerprint density at radius 3 is 2.64 bits per heavy atom. The lowest BCUT2D eigenvalue weighted by Crippen LogP contribution is -2.52. The first-order valence-corrected chi connectivity index (χ1v) is 8.30. The van der Waals surface area contributed by atoms with Gasteiger partial charge < -0.3 is 24.8 Å². The van der Waals surface area contributed by atoms with E-state index in [2.05, 4.69) is 5.32 Å². The summed E-state index contributed by atoms with van der Waals surface area (Å²) < 4.78 is 10.9. The molecule has 2 aliphatic heterocycles. The summed E-state index contributed by atoms with van der Waals surface area (Å²) >= 11 is 0. The van der Waals surface area contributed by atoms with Crippen LogP contribution in [0.25, 0.3) is 0 Å². The average Bonchev–Trinajstić information content (AvgIpc) is 2.90. The smallest absolute Gasteiger partial charge is 0.410 e. The van der Waals surface area contributed by atoms with Gasteiger partial charge >= 0.3 is 6.09 Å². The van der Waals surface area contributed by atoms with Gasteiger partial charge in [-0.05, 0) is 46.5 Å². The lowest BCUT2D eigenvalue weighted by molar-refractivity contribution is -0.0321. The number of hydrogen-bond donors (Lipinski definition) is 2. The summed E-state index contributed by atoms with van der Waals surface area (Å²) in [5.74, 6) is 0. The van der Waals surface area contributed by atoms with Crippen molar-refractivity contribution in [3.63, 3.8) is 0 Å². The van der Waals surface area contributed by atoms with Gasteiger partial charge in [0.05, 0.1) is 11.7 Å². The maximum Gasteiger partial charge on any atom is 0.410 e. The van der Waals surface area contributed by atoms with Crippen LogP contribution >= 0.6 is 0 Å². The molecule has 1 amide bonds. The predicted octanol–water partition coefficient (Wildman–Crippen LogP) is 1.52. The molecule has 2 fully saturated rings. The monoisotopic (exact) mass is 314 g/mol. The van der Waals surface area contributed by atoms with Gasteiger partial charge in [-0.25, -0.2) is 4.79 Å². The third-order valence-corrected chi connectivity index (χ3v) is 4.20. The number of aliphatic hydroxyl groups is 1. The zero-order valence-electron chi connectivity index (χ0n) is 14.1. The molecule has 2 saturated heterocycles. The highest BCUT2D eigenvalue weighted by atomic mass is 16.6. The van der Waals surface area contributed by atoms with Crippen LogP contribution in [0.15, 0.2) is 0 Å². The number of carbonyl (C=O) groups is 1. The second-order valence-electron chi connectivity index (χ2n) is 7.46. The molecule has 1 atom stereocenters. The van der Waals surface area contributed by atoms with Crippen LogP contribution in [0.1, 0.15) is 46.5 Å². The van der Waals surface area contributed by atoms with Gasteiger partial charge in [-0.15, -0.1) is 0 Å². The number of nitrogens with one attached hydrogen (secondary N) is 1. The molecule has 0 aromatic carbocycles. The molecule has 6 heteroatoms. The highest BCUT2D eigenvalue weighted by Crippen LogP contribution is 2.23. The van der Waals surface area contributed by atoms with Gasteiger partial charge in [0, 0.05) is 32.8 Å². The minimum absolute atomic E-state index is 0.283. The van der Waals surface area contributed by atoms with Crippen LogP contribution in [0.2, 0.25) is 0 Å². The van der Waals surface area contributed by atoms with Gasteiger partial charge in [-0.2, -0.15) is 0 Å². The first kappa shape index (κ1) is 17.5. The van der Waals surface area contributed by atoms with Gasteiger partial charge in [0.2, 0.25) is 0 Å². The Balaban J connectivity index is 1.69. The van der Waals surface area contributed by atoms with Crippen LogP contribution in [0.5, 0.6) is 0 Å². The first-order valence-electron chi connectivity index (χ1n) is 8.30. The van der Waals surface area contributed by atoms with Crippen LogP contribution < -0.4 is 5.32 Å². The summed E-state index contributed by atoms with van der Waals surface area (Å²) in [6.45, 7) is 8.84.